The van der Waals surface area contributed by atoms with Crippen LogP contribution in [0.25, 0.3) is 6.08 Å². The molecule has 2 saturated heterocycles. The Labute approximate surface area is 173 Å². The first-order valence-corrected chi connectivity index (χ1v) is 10.0. The van der Waals surface area contributed by atoms with Crippen molar-refractivity contribution in [1.82, 2.24) is 14.7 Å². The van der Waals surface area contributed by atoms with Crippen molar-refractivity contribution in [1.29, 1.82) is 0 Å². The first kappa shape index (κ1) is 20.5. The van der Waals surface area contributed by atoms with Crippen LogP contribution in [-0.4, -0.2) is 83.7 Å². The Bertz CT molecular complexity index is 830. The highest BCUT2D eigenvalue weighted by molar-refractivity contribution is 8.26. The SMILES string of the molecule is COC(=O)c1ccc(/C=C2/SC(=S)N(CC(=O)N3CCN(C)CC3)C2=O)cc1. The molecule has 148 valence electrons. The molecule has 3 rings (SSSR count). The van der Waals surface area contributed by atoms with E-state index in [-0.39, 0.29) is 18.4 Å². The lowest BCUT2D eigenvalue weighted by molar-refractivity contribution is -0.136. The maximum absolute atomic E-state index is 12.7. The van der Waals surface area contributed by atoms with Crippen LogP contribution in [0.1, 0.15) is 15.9 Å². The molecule has 0 aliphatic carbocycles. The Balaban J connectivity index is 1.66. The van der Waals surface area contributed by atoms with E-state index in [9.17, 15) is 14.4 Å². The van der Waals surface area contributed by atoms with Crippen molar-refractivity contribution in [2.45, 2.75) is 0 Å². The van der Waals surface area contributed by atoms with Gasteiger partial charge in [0.05, 0.1) is 17.6 Å². The molecule has 0 unspecified atom stereocenters. The number of ether oxygens (including phenoxy) is 1. The van der Waals surface area contributed by atoms with Crippen molar-refractivity contribution in [3.8, 4) is 0 Å². The number of hydrogen-bond donors (Lipinski definition) is 0. The number of carbonyl (C=O) groups excluding carboxylic acids is 3. The third kappa shape index (κ3) is 4.60. The fourth-order valence-corrected chi connectivity index (χ4v) is 4.17. The van der Waals surface area contributed by atoms with Crippen molar-refractivity contribution in [3.05, 3.63) is 40.3 Å². The molecule has 0 N–H and O–H groups in total. The highest BCUT2D eigenvalue weighted by atomic mass is 32.2. The molecule has 1 aromatic rings. The van der Waals surface area contributed by atoms with E-state index in [1.165, 1.54) is 23.8 Å². The Morgan fingerprint density at radius 2 is 1.82 bits per heavy atom. The fraction of sp³-hybridized carbons (Fsp3) is 0.368. The molecule has 0 radical (unpaired) electrons. The Hall–Kier alpha value is -2.23. The Morgan fingerprint density at radius 1 is 1.18 bits per heavy atom. The number of methoxy groups -OCH3 is 1. The number of nitrogens with zero attached hydrogens (tertiary/aromatic N) is 3. The number of thioether (sulfide) groups is 1. The van der Waals surface area contributed by atoms with E-state index in [1.54, 1.807) is 35.2 Å². The molecule has 0 bridgehead atoms. The number of likely N-dealkylation sites (N-methyl/N-ethyl adjacent to an activating group) is 1. The molecule has 0 aromatic heterocycles. The van der Waals surface area contributed by atoms with Crippen molar-refractivity contribution in [2.24, 2.45) is 0 Å². The summed E-state index contributed by atoms with van der Waals surface area (Å²) < 4.78 is 5.05. The van der Waals surface area contributed by atoms with Crippen LogP contribution < -0.4 is 0 Å². The molecule has 7 nitrogen and oxygen atoms in total. The minimum absolute atomic E-state index is 0.0347. The summed E-state index contributed by atoms with van der Waals surface area (Å²) in [7, 11) is 3.34. The van der Waals surface area contributed by atoms with Gasteiger partial charge in [0.15, 0.2) is 0 Å². The number of carbonyl (C=O) groups is 3. The molecular formula is C19H21N3O4S2. The summed E-state index contributed by atoms with van der Waals surface area (Å²) in [5, 5.41) is 0. The van der Waals surface area contributed by atoms with Gasteiger partial charge >= 0.3 is 5.97 Å². The summed E-state index contributed by atoms with van der Waals surface area (Å²) >= 11 is 6.49. The molecule has 0 atom stereocenters. The van der Waals surface area contributed by atoms with Gasteiger partial charge in [-0.1, -0.05) is 36.1 Å². The second-order valence-electron chi connectivity index (χ2n) is 6.57. The van der Waals surface area contributed by atoms with E-state index in [4.69, 9.17) is 12.2 Å². The molecule has 2 heterocycles. The predicted molar refractivity (Wildman–Crippen MR) is 112 cm³/mol. The van der Waals surface area contributed by atoms with Gasteiger partial charge in [0.2, 0.25) is 5.91 Å². The van der Waals surface area contributed by atoms with Crippen LogP contribution in [0.2, 0.25) is 0 Å². The van der Waals surface area contributed by atoms with Crippen molar-refractivity contribution < 1.29 is 19.1 Å². The molecule has 1 aromatic carbocycles. The average Bonchev–Trinajstić information content (AvgIpc) is 2.95. The lowest BCUT2D eigenvalue weighted by Crippen LogP contribution is -2.50. The second-order valence-corrected chi connectivity index (χ2v) is 8.24. The molecule has 0 spiro atoms. The Morgan fingerprint density at radius 3 is 2.43 bits per heavy atom. The van der Waals surface area contributed by atoms with Gasteiger partial charge in [-0.05, 0) is 30.8 Å². The van der Waals surface area contributed by atoms with Crippen LogP contribution in [0.3, 0.4) is 0 Å². The van der Waals surface area contributed by atoms with Gasteiger partial charge in [0.1, 0.15) is 10.9 Å². The molecule has 2 amide bonds. The van der Waals surface area contributed by atoms with Gasteiger partial charge in [0, 0.05) is 26.2 Å². The summed E-state index contributed by atoms with van der Waals surface area (Å²) in [6.07, 6.45) is 1.71. The van der Waals surface area contributed by atoms with Gasteiger partial charge in [0.25, 0.3) is 5.91 Å². The second kappa shape index (κ2) is 8.85. The van der Waals surface area contributed by atoms with Gasteiger partial charge in [-0.3, -0.25) is 14.5 Å². The van der Waals surface area contributed by atoms with Crippen LogP contribution in [-0.2, 0) is 14.3 Å². The topological polar surface area (TPSA) is 70.2 Å². The predicted octanol–water partition coefficient (Wildman–Crippen LogP) is 1.45. The van der Waals surface area contributed by atoms with E-state index < -0.39 is 5.97 Å². The zero-order valence-corrected chi connectivity index (χ0v) is 17.3. The smallest absolute Gasteiger partial charge is 0.337 e. The number of piperazine rings is 1. The fourth-order valence-electron chi connectivity index (χ4n) is 2.91. The molecule has 2 fully saturated rings. The van der Waals surface area contributed by atoms with E-state index in [1.807, 2.05) is 7.05 Å². The van der Waals surface area contributed by atoms with Crippen molar-refractivity contribution in [3.63, 3.8) is 0 Å². The number of amides is 2. The van der Waals surface area contributed by atoms with Gasteiger partial charge in [-0.15, -0.1) is 0 Å². The van der Waals surface area contributed by atoms with Crippen molar-refractivity contribution in [2.75, 3.05) is 46.9 Å². The monoisotopic (exact) mass is 419 g/mol. The number of thiocarbonyl (C=S) groups is 1. The third-order valence-electron chi connectivity index (χ3n) is 4.65. The van der Waals surface area contributed by atoms with E-state index in [0.717, 1.165) is 18.7 Å². The highest BCUT2D eigenvalue weighted by Crippen LogP contribution is 2.32. The number of esters is 1. The van der Waals surface area contributed by atoms with Gasteiger partial charge in [-0.2, -0.15) is 0 Å². The quantitative estimate of drug-likeness (QED) is 0.416. The maximum Gasteiger partial charge on any atom is 0.337 e. The molecule has 2 aliphatic heterocycles. The summed E-state index contributed by atoms with van der Waals surface area (Å²) in [5.41, 5.74) is 1.20. The summed E-state index contributed by atoms with van der Waals surface area (Å²) in [5.74, 6) is -0.775. The average molecular weight is 420 g/mol. The number of rotatable bonds is 4. The molecular weight excluding hydrogens is 398 g/mol. The zero-order valence-electron chi connectivity index (χ0n) is 15.7. The molecule has 9 heteroatoms. The van der Waals surface area contributed by atoms with E-state index >= 15 is 0 Å². The third-order valence-corrected chi connectivity index (χ3v) is 6.03. The maximum atomic E-state index is 12.7. The normalized spacial score (nSPS) is 19.4. The standard InChI is InChI=1S/C19H21N3O4S2/c1-20-7-9-21(10-8-20)16(23)12-22-17(24)15(28-19(22)27)11-13-3-5-14(6-4-13)18(25)26-2/h3-6,11H,7-10,12H2,1-2H3/b15-11+. The zero-order chi connectivity index (χ0) is 20.3. The lowest BCUT2D eigenvalue weighted by atomic mass is 10.1. The first-order chi connectivity index (χ1) is 13.4. The molecule has 0 saturated carbocycles. The van der Waals surface area contributed by atoms with E-state index in [2.05, 4.69) is 9.64 Å². The van der Waals surface area contributed by atoms with E-state index in [0.29, 0.717) is 27.9 Å². The number of hydrogen-bond acceptors (Lipinski definition) is 7. The Kier molecular flexibility index (Phi) is 6.48. The van der Waals surface area contributed by atoms with Gasteiger partial charge in [-0.25, -0.2) is 4.79 Å². The highest BCUT2D eigenvalue weighted by Gasteiger charge is 2.34. The summed E-state index contributed by atoms with van der Waals surface area (Å²) in [4.78, 5) is 42.5. The minimum atomic E-state index is -0.416. The summed E-state index contributed by atoms with van der Waals surface area (Å²) in [6.45, 7) is 2.93. The van der Waals surface area contributed by atoms with Crippen LogP contribution in [0.4, 0.5) is 0 Å². The lowest BCUT2D eigenvalue weighted by Gasteiger charge is -2.33. The van der Waals surface area contributed by atoms with Crippen molar-refractivity contribution >= 4 is 52.2 Å². The van der Waals surface area contributed by atoms with Crippen LogP contribution in [0.5, 0.6) is 0 Å². The first-order valence-electron chi connectivity index (χ1n) is 8.79. The van der Waals surface area contributed by atoms with Crippen LogP contribution in [0.15, 0.2) is 29.2 Å². The molecule has 28 heavy (non-hydrogen) atoms. The molecule has 2 aliphatic rings. The largest absolute Gasteiger partial charge is 0.465 e. The summed E-state index contributed by atoms with van der Waals surface area (Å²) in [6, 6.07) is 6.73. The van der Waals surface area contributed by atoms with Crippen LogP contribution >= 0.6 is 24.0 Å². The van der Waals surface area contributed by atoms with Gasteiger partial charge < -0.3 is 14.5 Å². The van der Waals surface area contributed by atoms with Crippen LogP contribution in [0, 0.1) is 0 Å². The number of benzene rings is 1. The minimum Gasteiger partial charge on any atom is -0.465 e.